The fraction of sp³-hybridized carbons (Fsp3) is 0.312. The summed E-state index contributed by atoms with van der Waals surface area (Å²) in [6.45, 7) is 5.33. The Morgan fingerprint density at radius 1 is 0.686 bits per heavy atom. The summed E-state index contributed by atoms with van der Waals surface area (Å²) in [7, 11) is 0. The maximum atomic E-state index is 9.56. The van der Waals surface area contributed by atoms with Gasteiger partial charge >= 0.3 is 0 Å². The number of aliphatic hydroxyl groups excluding tert-OH is 1. The molecule has 182 valence electrons. The number of unbranched alkanes of at least 4 members (excludes halogenated alkanes) is 2. The molecule has 35 heavy (non-hydrogen) atoms. The molecule has 1 N–H and O–H groups in total. The number of ether oxygens (including phenoxy) is 1. The van der Waals surface area contributed by atoms with E-state index in [0.717, 1.165) is 38.3 Å². The molecule has 4 rings (SSSR count). The van der Waals surface area contributed by atoms with Crippen LogP contribution < -0.4 is 4.74 Å². The molecule has 3 nitrogen and oxygen atoms in total. The number of aryl methyl sites for hydroxylation is 2. The third kappa shape index (κ3) is 7.95. The standard InChI is InChI=1S/C32H37NO2/c1-26-9-8-13-28(21-26)24-33(18-19-34)25-29-14-15-31-23-32(17-16-30(31)22-29)35-20-7-3-6-12-27-10-4-2-5-11-27/h2,4-5,8-11,13-17,21-23,34H,3,6-7,12,18-20,24-25H2,1H3. The van der Waals surface area contributed by atoms with Crippen LogP contribution in [0.3, 0.4) is 0 Å². The number of fused-ring (bicyclic) bond motifs is 1. The van der Waals surface area contributed by atoms with E-state index in [-0.39, 0.29) is 6.61 Å². The molecule has 0 fully saturated rings. The first-order valence-electron chi connectivity index (χ1n) is 12.8. The monoisotopic (exact) mass is 467 g/mol. The van der Waals surface area contributed by atoms with Crippen LogP contribution >= 0.6 is 0 Å². The highest BCUT2D eigenvalue weighted by molar-refractivity contribution is 5.84. The zero-order valence-corrected chi connectivity index (χ0v) is 20.8. The number of nitrogens with zero attached hydrogens (tertiary/aromatic N) is 1. The lowest BCUT2D eigenvalue weighted by Gasteiger charge is -2.22. The minimum Gasteiger partial charge on any atom is -0.494 e. The van der Waals surface area contributed by atoms with Crippen molar-refractivity contribution in [3.8, 4) is 5.75 Å². The third-order valence-electron chi connectivity index (χ3n) is 6.41. The number of benzene rings is 4. The smallest absolute Gasteiger partial charge is 0.119 e. The van der Waals surface area contributed by atoms with Crippen LogP contribution in [0.1, 0.15) is 41.5 Å². The van der Waals surface area contributed by atoms with Crippen molar-refractivity contribution in [2.75, 3.05) is 19.8 Å². The molecule has 0 radical (unpaired) electrons. The van der Waals surface area contributed by atoms with Crippen molar-refractivity contribution in [3.63, 3.8) is 0 Å². The number of rotatable bonds is 13. The Labute approximate surface area is 210 Å². The zero-order valence-electron chi connectivity index (χ0n) is 20.8. The first kappa shape index (κ1) is 25.0. The minimum atomic E-state index is 0.159. The molecule has 0 heterocycles. The first-order valence-corrected chi connectivity index (χ1v) is 12.8. The van der Waals surface area contributed by atoms with E-state index in [4.69, 9.17) is 4.74 Å². The molecule has 0 atom stereocenters. The predicted octanol–water partition coefficient (Wildman–Crippen LogP) is 6.93. The summed E-state index contributed by atoms with van der Waals surface area (Å²) in [6.07, 6.45) is 4.59. The zero-order chi connectivity index (χ0) is 24.3. The fourth-order valence-corrected chi connectivity index (χ4v) is 4.59. The lowest BCUT2D eigenvalue weighted by atomic mass is 10.1. The molecule has 0 aromatic heterocycles. The lowest BCUT2D eigenvalue weighted by Crippen LogP contribution is -2.26. The molecule has 3 heteroatoms. The molecule has 0 aliphatic rings. The largest absolute Gasteiger partial charge is 0.494 e. The Morgan fingerprint density at radius 2 is 1.43 bits per heavy atom. The van der Waals surface area contributed by atoms with Crippen LogP contribution in [0.2, 0.25) is 0 Å². The Balaban J connectivity index is 1.28. The summed E-state index contributed by atoms with van der Waals surface area (Å²) in [4.78, 5) is 2.30. The molecule has 4 aromatic carbocycles. The van der Waals surface area contributed by atoms with E-state index < -0.39 is 0 Å². The van der Waals surface area contributed by atoms with Crippen LogP contribution in [0.25, 0.3) is 10.8 Å². The summed E-state index contributed by atoms with van der Waals surface area (Å²) in [6, 6.07) is 32.3. The van der Waals surface area contributed by atoms with E-state index in [1.165, 1.54) is 45.9 Å². The molecule has 0 saturated heterocycles. The Bertz CT molecular complexity index is 1190. The summed E-state index contributed by atoms with van der Waals surface area (Å²) in [5.74, 6) is 0.940. The van der Waals surface area contributed by atoms with Gasteiger partial charge in [0.2, 0.25) is 0 Å². The van der Waals surface area contributed by atoms with Crippen molar-refractivity contribution >= 4 is 10.8 Å². The highest BCUT2D eigenvalue weighted by atomic mass is 16.5. The van der Waals surface area contributed by atoms with Gasteiger partial charge in [0, 0.05) is 19.6 Å². The minimum absolute atomic E-state index is 0.159. The molecule has 0 amide bonds. The summed E-state index contributed by atoms with van der Waals surface area (Å²) in [5, 5.41) is 12.0. The molecule has 0 unspecified atom stereocenters. The quantitative estimate of drug-likeness (QED) is 0.216. The van der Waals surface area contributed by atoms with Gasteiger partial charge < -0.3 is 9.84 Å². The van der Waals surface area contributed by atoms with Gasteiger partial charge in [-0.15, -0.1) is 0 Å². The second-order valence-corrected chi connectivity index (χ2v) is 9.41. The van der Waals surface area contributed by atoms with Gasteiger partial charge in [-0.25, -0.2) is 0 Å². The van der Waals surface area contributed by atoms with Gasteiger partial charge in [0.1, 0.15) is 5.75 Å². The maximum absolute atomic E-state index is 9.56. The van der Waals surface area contributed by atoms with E-state index in [9.17, 15) is 5.11 Å². The second-order valence-electron chi connectivity index (χ2n) is 9.41. The Kier molecular flexibility index (Phi) is 9.33. The SMILES string of the molecule is Cc1cccc(CN(CCO)Cc2ccc3cc(OCCCCCc4ccccc4)ccc3c2)c1. The number of aliphatic hydroxyl groups is 1. The van der Waals surface area contributed by atoms with E-state index in [1.807, 2.05) is 0 Å². The van der Waals surface area contributed by atoms with Gasteiger partial charge in [-0.05, 0) is 78.3 Å². The topological polar surface area (TPSA) is 32.7 Å². The summed E-state index contributed by atoms with van der Waals surface area (Å²) < 4.78 is 6.03. The van der Waals surface area contributed by atoms with Gasteiger partial charge in [-0.2, -0.15) is 0 Å². The average Bonchev–Trinajstić information content (AvgIpc) is 2.87. The van der Waals surface area contributed by atoms with E-state index >= 15 is 0 Å². The van der Waals surface area contributed by atoms with Crippen molar-refractivity contribution in [2.24, 2.45) is 0 Å². The van der Waals surface area contributed by atoms with Gasteiger partial charge in [0.15, 0.2) is 0 Å². The number of hydrogen-bond acceptors (Lipinski definition) is 3. The molecule has 4 aromatic rings. The van der Waals surface area contributed by atoms with Crippen LogP contribution in [0.5, 0.6) is 5.75 Å². The molecule has 0 saturated carbocycles. The third-order valence-corrected chi connectivity index (χ3v) is 6.41. The average molecular weight is 468 g/mol. The first-order chi connectivity index (χ1) is 17.2. The van der Waals surface area contributed by atoms with Crippen molar-refractivity contribution in [1.82, 2.24) is 4.90 Å². The van der Waals surface area contributed by atoms with Gasteiger partial charge in [-0.1, -0.05) is 78.4 Å². The molecular formula is C32H37NO2. The number of hydrogen-bond donors (Lipinski definition) is 1. The second kappa shape index (κ2) is 13.1. The van der Waals surface area contributed by atoms with Crippen LogP contribution in [0.15, 0.2) is 91.0 Å². The van der Waals surface area contributed by atoms with Crippen LogP contribution in [0.4, 0.5) is 0 Å². The van der Waals surface area contributed by atoms with Crippen molar-refractivity contribution in [3.05, 3.63) is 113 Å². The van der Waals surface area contributed by atoms with Gasteiger partial charge in [0.25, 0.3) is 0 Å². The van der Waals surface area contributed by atoms with Gasteiger partial charge in [0.05, 0.1) is 13.2 Å². The summed E-state index contributed by atoms with van der Waals surface area (Å²) in [5.41, 5.74) is 5.21. The van der Waals surface area contributed by atoms with Crippen molar-refractivity contribution in [2.45, 2.75) is 45.7 Å². The molecule has 0 spiro atoms. The maximum Gasteiger partial charge on any atom is 0.119 e. The molecule has 0 bridgehead atoms. The highest BCUT2D eigenvalue weighted by Gasteiger charge is 2.08. The van der Waals surface area contributed by atoms with Crippen molar-refractivity contribution < 1.29 is 9.84 Å². The van der Waals surface area contributed by atoms with E-state index in [0.29, 0.717) is 6.54 Å². The normalized spacial score (nSPS) is 11.3. The lowest BCUT2D eigenvalue weighted by molar-refractivity contribution is 0.184. The Morgan fingerprint density at radius 3 is 2.23 bits per heavy atom. The van der Waals surface area contributed by atoms with Gasteiger partial charge in [-0.3, -0.25) is 4.90 Å². The van der Waals surface area contributed by atoms with E-state index in [1.54, 1.807) is 0 Å². The summed E-state index contributed by atoms with van der Waals surface area (Å²) >= 11 is 0. The highest BCUT2D eigenvalue weighted by Crippen LogP contribution is 2.23. The fourth-order valence-electron chi connectivity index (χ4n) is 4.59. The Hall–Kier alpha value is -3.14. The predicted molar refractivity (Wildman–Crippen MR) is 146 cm³/mol. The van der Waals surface area contributed by atoms with Crippen molar-refractivity contribution in [1.29, 1.82) is 0 Å². The molecule has 0 aliphatic carbocycles. The van der Waals surface area contributed by atoms with Crippen LogP contribution in [-0.4, -0.2) is 29.8 Å². The molecular weight excluding hydrogens is 430 g/mol. The van der Waals surface area contributed by atoms with E-state index in [2.05, 4.69) is 103 Å². The van der Waals surface area contributed by atoms with Crippen LogP contribution in [0, 0.1) is 6.92 Å². The molecule has 0 aliphatic heterocycles. The van der Waals surface area contributed by atoms with Crippen LogP contribution in [-0.2, 0) is 19.5 Å².